The lowest BCUT2D eigenvalue weighted by Crippen LogP contribution is -2.30. The fourth-order valence-electron chi connectivity index (χ4n) is 3.34. The minimum atomic E-state index is -0.409. The van der Waals surface area contributed by atoms with Crippen molar-refractivity contribution in [2.45, 2.75) is 19.3 Å². The Morgan fingerprint density at radius 3 is 2.69 bits per heavy atom. The van der Waals surface area contributed by atoms with E-state index in [1.54, 1.807) is 6.07 Å². The third-order valence-electron chi connectivity index (χ3n) is 4.70. The molecule has 1 aliphatic rings. The van der Waals surface area contributed by atoms with Crippen molar-refractivity contribution in [2.24, 2.45) is 11.7 Å². The number of ether oxygens (including phenoxy) is 1. The molecule has 1 saturated heterocycles. The van der Waals surface area contributed by atoms with Gasteiger partial charge in [-0.25, -0.2) is 0 Å². The molecule has 5 heteroatoms. The van der Waals surface area contributed by atoms with Crippen molar-refractivity contribution in [3.8, 4) is 5.75 Å². The van der Waals surface area contributed by atoms with E-state index < -0.39 is 5.91 Å². The van der Waals surface area contributed by atoms with Gasteiger partial charge < -0.3 is 15.4 Å². The summed E-state index contributed by atoms with van der Waals surface area (Å²) in [5.74, 6) is 0.925. The van der Waals surface area contributed by atoms with Gasteiger partial charge in [-0.15, -0.1) is 0 Å². The molecule has 0 radical (unpaired) electrons. The molecule has 2 aromatic rings. The molecule has 0 aliphatic carbocycles. The van der Waals surface area contributed by atoms with Gasteiger partial charge in [-0.2, -0.15) is 0 Å². The molecule has 0 bridgehead atoms. The summed E-state index contributed by atoms with van der Waals surface area (Å²) in [6.45, 7) is 1.93. The molecular weight excluding hydrogens is 328 g/mol. The van der Waals surface area contributed by atoms with E-state index in [1.165, 1.54) is 0 Å². The lowest BCUT2D eigenvalue weighted by Gasteiger charge is -2.17. The van der Waals surface area contributed by atoms with E-state index >= 15 is 0 Å². The highest BCUT2D eigenvalue weighted by molar-refractivity contribution is 5.92. The van der Waals surface area contributed by atoms with E-state index in [1.807, 2.05) is 53.4 Å². The number of amides is 2. The molecule has 1 fully saturated rings. The molecule has 1 heterocycles. The van der Waals surface area contributed by atoms with Gasteiger partial charge in [-0.3, -0.25) is 9.59 Å². The summed E-state index contributed by atoms with van der Waals surface area (Å²) >= 11 is 0. The van der Waals surface area contributed by atoms with Gasteiger partial charge in [0.15, 0.2) is 0 Å². The maximum absolute atomic E-state index is 12.4. The van der Waals surface area contributed by atoms with Gasteiger partial charge in [0, 0.05) is 18.7 Å². The summed E-state index contributed by atoms with van der Waals surface area (Å²) in [5, 5.41) is 0. The van der Waals surface area contributed by atoms with Gasteiger partial charge in [0.2, 0.25) is 11.8 Å². The van der Waals surface area contributed by atoms with Crippen LogP contribution >= 0.6 is 0 Å². The van der Waals surface area contributed by atoms with Crippen LogP contribution in [0.25, 0.3) is 0 Å². The molecule has 26 heavy (non-hydrogen) atoms. The predicted octanol–water partition coefficient (Wildman–Crippen LogP) is 2.65. The first kappa shape index (κ1) is 18.0. The summed E-state index contributed by atoms with van der Waals surface area (Å²) in [6.07, 6.45) is 2.22. The largest absolute Gasteiger partial charge is 0.493 e. The van der Waals surface area contributed by atoms with Gasteiger partial charge in [0.25, 0.3) is 0 Å². The molecule has 0 saturated carbocycles. The second-order valence-corrected chi connectivity index (χ2v) is 6.67. The first-order valence-corrected chi connectivity index (χ1v) is 8.96. The van der Waals surface area contributed by atoms with Crippen LogP contribution in [0.1, 0.15) is 28.8 Å². The molecule has 2 N–H and O–H groups in total. The van der Waals surface area contributed by atoms with Gasteiger partial charge >= 0.3 is 0 Å². The molecule has 2 aromatic carbocycles. The number of hydrogen-bond acceptors (Lipinski definition) is 3. The lowest BCUT2D eigenvalue weighted by molar-refractivity contribution is -0.130. The van der Waals surface area contributed by atoms with E-state index in [0.29, 0.717) is 24.5 Å². The van der Waals surface area contributed by atoms with Crippen LogP contribution in [0, 0.1) is 5.92 Å². The Balaban J connectivity index is 1.45. The number of hydrogen-bond donors (Lipinski definition) is 1. The summed E-state index contributed by atoms with van der Waals surface area (Å²) in [5.41, 5.74) is 6.96. The van der Waals surface area contributed by atoms with Crippen molar-refractivity contribution in [1.82, 2.24) is 4.90 Å². The second-order valence-electron chi connectivity index (χ2n) is 6.67. The van der Waals surface area contributed by atoms with Gasteiger partial charge in [0.05, 0.1) is 13.0 Å². The first-order valence-electron chi connectivity index (χ1n) is 8.96. The Labute approximate surface area is 153 Å². The van der Waals surface area contributed by atoms with Crippen LogP contribution in [-0.2, 0) is 11.2 Å². The molecular formula is C21H24N2O3. The Hall–Kier alpha value is -2.82. The highest BCUT2D eigenvalue weighted by Gasteiger charge is 2.26. The Bertz CT molecular complexity index is 761. The number of primary amides is 1. The van der Waals surface area contributed by atoms with Crippen molar-refractivity contribution < 1.29 is 14.3 Å². The highest BCUT2D eigenvalue weighted by Crippen LogP contribution is 2.22. The number of para-hydroxylation sites is 1. The number of rotatable bonds is 7. The average molecular weight is 352 g/mol. The van der Waals surface area contributed by atoms with Gasteiger partial charge in [-0.05, 0) is 48.6 Å². The summed E-state index contributed by atoms with van der Waals surface area (Å²) in [4.78, 5) is 25.6. The third-order valence-corrected chi connectivity index (χ3v) is 4.70. The molecule has 3 rings (SSSR count). The smallest absolute Gasteiger partial charge is 0.248 e. The molecule has 136 valence electrons. The van der Waals surface area contributed by atoms with Crippen LogP contribution in [0.5, 0.6) is 5.75 Å². The van der Waals surface area contributed by atoms with Crippen LogP contribution < -0.4 is 10.5 Å². The topological polar surface area (TPSA) is 72.6 Å². The maximum Gasteiger partial charge on any atom is 0.248 e. The Morgan fingerprint density at radius 1 is 1.12 bits per heavy atom. The van der Waals surface area contributed by atoms with Crippen molar-refractivity contribution in [2.75, 3.05) is 19.7 Å². The normalized spacial score (nSPS) is 16.5. The highest BCUT2D eigenvalue weighted by atomic mass is 16.5. The molecule has 1 atom stereocenters. The van der Waals surface area contributed by atoms with E-state index in [9.17, 15) is 9.59 Å². The van der Waals surface area contributed by atoms with E-state index in [-0.39, 0.29) is 5.91 Å². The molecule has 2 amide bonds. The minimum absolute atomic E-state index is 0.134. The van der Waals surface area contributed by atoms with Gasteiger partial charge in [-0.1, -0.05) is 30.3 Å². The fraction of sp³-hybridized carbons (Fsp3) is 0.333. The molecule has 0 spiro atoms. The third kappa shape index (κ3) is 4.85. The number of carbonyl (C=O) groups is 2. The zero-order valence-corrected chi connectivity index (χ0v) is 14.8. The number of nitrogens with two attached hydrogens (primary N) is 1. The first-order chi connectivity index (χ1) is 12.6. The van der Waals surface area contributed by atoms with Crippen LogP contribution in [0.3, 0.4) is 0 Å². The second kappa shape index (κ2) is 8.52. The van der Waals surface area contributed by atoms with Crippen molar-refractivity contribution in [3.63, 3.8) is 0 Å². The summed E-state index contributed by atoms with van der Waals surface area (Å²) < 4.78 is 5.60. The minimum Gasteiger partial charge on any atom is -0.493 e. The maximum atomic E-state index is 12.4. The quantitative estimate of drug-likeness (QED) is 0.832. The summed E-state index contributed by atoms with van der Waals surface area (Å²) in [7, 11) is 0. The SMILES string of the molecule is NC(=O)c1cccc(C[C@@H]2CCN(C(=O)CCOc3ccccc3)C2)c1. The van der Waals surface area contributed by atoms with E-state index in [2.05, 4.69) is 0 Å². The molecule has 1 aliphatic heterocycles. The Kier molecular flexibility index (Phi) is 5.89. The number of nitrogens with zero attached hydrogens (tertiary/aromatic N) is 1. The zero-order valence-electron chi connectivity index (χ0n) is 14.8. The molecule has 0 unspecified atom stereocenters. The average Bonchev–Trinajstić information content (AvgIpc) is 3.11. The van der Waals surface area contributed by atoms with E-state index in [0.717, 1.165) is 37.2 Å². The standard InChI is InChI=1S/C21H24N2O3/c22-21(25)18-6-4-5-16(14-18)13-17-9-11-23(15-17)20(24)10-12-26-19-7-2-1-3-8-19/h1-8,14,17H,9-13,15H2,(H2,22,25)/t17-/m0/s1. The number of benzene rings is 2. The zero-order chi connectivity index (χ0) is 18.4. The predicted molar refractivity (Wildman–Crippen MR) is 99.9 cm³/mol. The van der Waals surface area contributed by atoms with Crippen molar-refractivity contribution in [3.05, 3.63) is 65.7 Å². The molecule has 0 aromatic heterocycles. The van der Waals surface area contributed by atoms with E-state index in [4.69, 9.17) is 10.5 Å². The van der Waals surface area contributed by atoms with Crippen LogP contribution in [-0.4, -0.2) is 36.4 Å². The van der Waals surface area contributed by atoms with Crippen LogP contribution in [0.4, 0.5) is 0 Å². The van der Waals surface area contributed by atoms with Gasteiger partial charge in [0.1, 0.15) is 5.75 Å². The lowest BCUT2D eigenvalue weighted by atomic mass is 9.97. The number of carbonyl (C=O) groups excluding carboxylic acids is 2. The van der Waals surface area contributed by atoms with Crippen molar-refractivity contribution in [1.29, 1.82) is 0 Å². The Morgan fingerprint density at radius 2 is 1.92 bits per heavy atom. The van der Waals surface area contributed by atoms with Crippen molar-refractivity contribution >= 4 is 11.8 Å². The number of likely N-dealkylation sites (tertiary alicyclic amines) is 1. The molecule has 5 nitrogen and oxygen atoms in total. The fourth-order valence-corrected chi connectivity index (χ4v) is 3.34. The monoisotopic (exact) mass is 352 g/mol. The summed E-state index contributed by atoms with van der Waals surface area (Å²) in [6, 6.07) is 17.0. The van der Waals surface area contributed by atoms with Crippen LogP contribution in [0.2, 0.25) is 0 Å². The van der Waals surface area contributed by atoms with Crippen LogP contribution in [0.15, 0.2) is 54.6 Å².